The van der Waals surface area contributed by atoms with Gasteiger partial charge in [0.1, 0.15) is 0 Å². The average molecular weight is 249 g/mol. The molecule has 2 aromatic rings. The first-order valence-electron chi connectivity index (χ1n) is 5.94. The van der Waals surface area contributed by atoms with Crippen molar-refractivity contribution in [3.63, 3.8) is 0 Å². The van der Waals surface area contributed by atoms with Crippen molar-refractivity contribution in [2.24, 2.45) is 0 Å². The quantitative estimate of drug-likeness (QED) is 0.774. The molecule has 0 spiro atoms. The van der Waals surface area contributed by atoms with Crippen LogP contribution in [0.3, 0.4) is 0 Å². The number of aromatic amines is 1. The molecule has 0 aliphatic heterocycles. The molecule has 2 nitrogen and oxygen atoms in total. The minimum Gasteiger partial charge on any atom is -0.361 e. The molecule has 1 aromatic carbocycles. The van der Waals surface area contributed by atoms with Crippen molar-refractivity contribution in [2.75, 3.05) is 6.54 Å². The van der Waals surface area contributed by atoms with E-state index in [-0.39, 0.29) is 0 Å². The maximum atomic E-state index is 6.06. The monoisotopic (exact) mass is 248 g/mol. The SMILES string of the molecule is CCCNCc1ccc(Cl)cc1-c1ccc[nH]1. The van der Waals surface area contributed by atoms with Gasteiger partial charge in [0.05, 0.1) is 0 Å². The van der Waals surface area contributed by atoms with Crippen molar-refractivity contribution >= 4 is 11.6 Å². The van der Waals surface area contributed by atoms with Crippen LogP contribution in [0.5, 0.6) is 0 Å². The summed E-state index contributed by atoms with van der Waals surface area (Å²) in [4.78, 5) is 3.23. The van der Waals surface area contributed by atoms with E-state index in [1.807, 2.05) is 24.4 Å². The lowest BCUT2D eigenvalue weighted by Crippen LogP contribution is -2.14. The Morgan fingerprint density at radius 2 is 2.18 bits per heavy atom. The third-order valence-electron chi connectivity index (χ3n) is 2.70. The predicted octanol–water partition coefficient (Wildman–Crippen LogP) is 3.83. The number of nitrogens with one attached hydrogen (secondary N) is 2. The van der Waals surface area contributed by atoms with E-state index in [0.29, 0.717) is 0 Å². The summed E-state index contributed by atoms with van der Waals surface area (Å²) in [7, 11) is 0. The largest absolute Gasteiger partial charge is 0.361 e. The van der Waals surface area contributed by atoms with Crippen molar-refractivity contribution in [1.29, 1.82) is 0 Å². The van der Waals surface area contributed by atoms with Crippen molar-refractivity contribution in [3.8, 4) is 11.3 Å². The lowest BCUT2D eigenvalue weighted by molar-refractivity contribution is 0.676. The molecule has 0 aliphatic rings. The second-order valence-electron chi connectivity index (χ2n) is 4.06. The van der Waals surface area contributed by atoms with E-state index in [2.05, 4.69) is 29.4 Å². The first-order valence-corrected chi connectivity index (χ1v) is 6.32. The van der Waals surface area contributed by atoms with Crippen molar-refractivity contribution in [2.45, 2.75) is 19.9 Å². The third-order valence-corrected chi connectivity index (χ3v) is 2.94. The molecule has 3 heteroatoms. The highest BCUT2D eigenvalue weighted by molar-refractivity contribution is 6.30. The maximum absolute atomic E-state index is 6.06. The summed E-state index contributed by atoms with van der Waals surface area (Å²) >= 11 is 6.06. The van der Waals surface area contributed by atoms with E-state index in [4.69, 9.17) is 11.6 Å². The second kappa shape index (κ2) is 5.89. The summed E-state index contributed by atoms with van der Waals surface area (Å²) in [5.41, 5.74) is 3.55. The molecule has 0 amide bonds. The lowest BCUT2D eigenvalue weighted by Gasteiger charge is -2.10. The third kappa shape index (κ3) is 3.11. The fourth-order valence-corrected chi connectivity index (χ4v) is 2.02. The van der Waals surface area contributed by atoms with Gasteiger partial charge < -0.3 is 10.3 Å². The van der Waals surface area contributed by atoms with Crippen LogP contribution in [0.4, 0.5) is 0 Å². The first kappa shape index (κ1) is 12.2. The standard InChI is InChI=1S/C14H17ClN2/c1-2-7-16-10-11-5-6-12(15)9-13(11)14-4-3-8-17-14/h3-6,8-9,16-17H,2,7,10H2,1H3. The van der Waals surface area contributed by atoms with E-state index in [1.54, 1.807) is 0 Å². The minimum absolute atomic E-state index is 0.772. The Morgan fingerprint density at radius 3 is 2.88 bits per heavy atom. The molecule has 1 aromatic heterocycles. The molecule has 0 fully saturated rings. The zero-order chi connectivity index (χ0) is 12.1. The molecule has 90 valence electrons. The van der Waals surface area contributed by atoms with Gasteiger partial charge in [0.2, 0.25) is 0 Å². The zero-order valence-corrected chi connectivity index (χ0v) is 10.7. The van der Waals surface area contributed by atoms with Crippen molar-refractivity contribution in [1.82, 2.24) is 10.3 Å². The molecule has 0 atom stereocenters. The minimum atomic E-state index is 0.772. The Labute approximate surface area is 107 Å². The molecule has 0 aliphatic carbocycles. The van der Waals surface area contributed by atoms with Crippen LogP contribution < -0.4 is 5.32 Å². The van der Waals surface area contributed by atoms with Gasteiger partial charge in [-0.1, -0.05) is 24.6 Å². The summed E-state index contributed by atoms with van der Waals surface area (Å²) < 4.78 is 0. The van der Waals surface area contributed by atoms with Crippen LogP contribution in [0, 0.1) is 0 Å². The number of aromatic nitrogens is 1. The average Bonchev–Trinajstić information content (AvgIpc) is 2.85. The fraction of sp³-hybridized carbons (Fsp3) is 0.286. The summed E-state index contributed by atoms with van der Waals surface area (Å²) in [5.74, 6) is 0. The molecule has 0 saturated heterocycles. The van der Waals surface area contributed by atoms with Gasteiger partial charge in [0.25, 0.3) is 0 Å². The van der Waals surface area contributed by atoms with E-state index in [9.17, 15) is 0 Å². The molecule has 17 heavy (non-hydrogen) atoms. The van der Waals surface area contributed by atoms with Gasteiger partial charge in [0.15, 0.2) is 0 Å². The van der Waals surface area contributed by atoms with Gasteiger partial charge in [-0.2, -0.15) is 0 Å². The normalized spacial score (nSPS) is 10.7. The lowest BCUT2D eigenvalue weighted by atomic mass is 10.0. The highest BCUT2D eigenvalue weighted by atomic mass is 35.5. The Kier molecular flexibility index (Phi) is 4.24. The fourth-order valence-electron chi connectivity index (χ4n) is 1.85. The van der Waals surface area contributed by atoms with E-state index in [1.165, 1.54) is 11.1 Å². The van der Waals surface area contributed by atoms with Crippen LogP contribution in [0.2, 0.25) is 5.02 Å². The number of hydrogen-bond donors (Lipinski definition) is 2. The van der Waals surface area contributed by atoms with Crippen molar-refractivity contribution < 1.29 is 0 Å². The topological polar surface area (TPSA) is 27.8 Å². The van der Waals surface area contributed by atoms with Crippen LogP contribution in [0.1, 0.15) is 18.9 Å². The van der Waals surface area contributed by atoms with E-state index < -0.39 is 0 Å². The smallest absolute Gasteiger partial charge is 0.0457 e. The van der Waals surface area contributed by atoms with Gasteiger partial charge in [-0.15, -0.1) is 0 Å². The molecular weight excluding hydrogens is 232 g/mol. The Hall–Kier alpha value is -1.25. The predicted molar refractivity (Wildman–Crippen MR) is 73.2 cm³/mol. The molecule has 0 unspecified atom stereocenters. The molecule has 0 radical (unpaired) electrons. The first-order chi connectivity index (χ1) is 8.31. The number of benzene rings is 1. The van der Waals surface area contributed by atoms with Crippen LogP contribution in [0.25, 0.3) is 11.3 Å². The summed E-state index contributed by atoms with van der Waals surface area (Å²) in [5, 5.41) is 4.19. The molecular formula is C14H17ClN2. The number of halogens is 1. The maximum Gasteiger partial charge on any atom is 0.0457 e. The van der Waals surface area contributed by atoms with Gasteiger partial charge in [-0.25, -0.2) is 0 Å². The van der Waals surface area contributed by atoms with Gasteiger partial charge in [0, 0.05) is 29.0 Å². The van der Waals surface area contributed by atoms with Crippen LogP contribution in [0.15, 0.2) is 36.5 Å². The molecule has 0 bridgehead atoms. The van der Waals surface area contributed by atoms with E-state index in [0.717, 1.165) is 30.2 Å². The highest BCUT2D eigenvalue weighted by Crippen LogP contribution is 2.25. The number of H-pyrrole nitrogens is 1. The highest BCUT2D eigenvalue weighted by Gasteiger charge is 2.06. The van der Waals surface area contributed by atoms with Crippen LogP contribution in [-0.2, 0) is 6.54 Å². The van der Waals surface area contributed by atoms with Crippen molar-refractivity contribution in [3.05, 3.63) is 47.1 Å². The van der Waals surface area contributed by atoms with Crippen LogP contribution in [-0.4, -0.2) is 11.5 Å². The molecule has 1 heterocycles. The summed E-state index contributed by atoms with van der Waals surface area (Å²) in [6.07, 6.45) is 3.07. The number of rotatable bonds is 5. The second-order valence-corrected chi connectivity index (χ2v) is 4.50. The summed E-state index contributed by atoms with van der Waals surface area (Å²) in [6.45, 7) is 4.08. The molecule has 2 N–H and O–H groups in total. The molecule has 2 rings (SSSR count). The Balaban J connectivity index is 2.25. The Bertz CT molecular complexity index is 463. The van der Waals surface area contributed by atoms with Gasteiger partial charge >= 0.3 is 0 Å². The van der Waals surface area contributed by atoms with Gasteiger partial charge in [-0.3, -0.25) is 0 Å². The molecule has 0 saturated carbocycles. The van der Waals surface area contributed by atoms with E-state index >= 15 is 0 Å². The van der Waals surface area contributed by atoms with Crippen LogP contribution >= 0.6 is 11.6 Å². The Morgan fingerprint density at radius 1 is 1.29 bits per heavy atom. The number of hydrogen-bond acceptors (Lipinski definition) is 1. The van der Waals surface area contributed by atoms with Gasteiger partial charge in [-0.05, 0) is 42.8 Å². The summed E-state index contributed by atoms with van der Waals surface area (Å²) in [6, 6.07) is 10.1. The zero-order valence-electron chi connectivity index (χ0n) is 9.96.